The van der Waals surface area contributed by atoms with Crippen LogP contribution in [0.5, 0.6) is 0 Å². The fourth-order valence-corrected chi connectivity index (χ4v) is 23.1. The number of nitrogens with zero attached hydrogens (tertiary/aromatic N) is 4. The van der Waals surface area contributed by atoms with E-state index in [-0.39, 0.29) is 43.3 Å². The molecule has 0 atom stereocenters. The highest BCUT2D eigenvalue weighted by Crippen LogP contribution is 2.63. The highest BCUT2D eigenvalue weighted by Gasteiger charge is 2.56. The summed E-state index contributed by atoms with van der Waals surface area (Å²) in [6.45, 7) is 47.2. The number of hydrogen-bond donors (Lipinski definition) is 0. The number of aromatic nitrogens is 4. The molecule has 0 saturated heterocycles. The first-order valence-corrected chi connectivity index (χ1v) is 44.4. The SMILES string of the molecule is Cc1cc2c(oc3c4ccccc4ccc23)c2c1-c1c(ccc[n+]1C)C(C)(C)C2(C)C.Cc1cc2oc3c4ccccc4ccc3c2c2c1-c1c(ccc[n+]1C)C(C)(C)C2(C)C.Cc1cc2oc3cc4ccccc4cc3c2c2c1-c1c(ccc[n+]1C)C(C)(C)C2(C)C.Cc1cc2oc3ccc4ccccc4c3c2c2c1-c1c(ccc[n+]1C)C(C)(C)C2(C)C. The van der Waals surface area contributed by atoms with Crippen LogP contribution in [0.15, 0.2) is 261 Å². The third kappa shape index (κ3) is 10.5. The Morgan fingerprint density at radius 2 is 0.540 bits per heavy atom. The van der Waals surface area contributed by atoms with Crippen molar-refractivity contribution in [3.8, 4) is 45.0 Å². The van der Waals surface area contributed by atoms with Gasteiger partial charge in [-0.2, -0.15) is 0 Å². The van der Waals surface area contributed by atoms with E-state index in [1.165, 1.54) is 198 Å². The summed E-state index contributed by atoms with van der Waals surface area (Å²) in [4.78, 5) is 0. The molecule has 0 radical (unpaired) electrons. The van der Waals surface area contributed by atoms with Gasteiger partial charge in [0.1, 0.15) is 72.9 Å². The van der Waals surface area contributed by atoms with Crippen molar-refractivity contribution in [1.29, 1.82) is 0 Å². The second-order valence-electron chi connectivity index (χ2n) is 40.9. The zero-order valence-corrected chi connectivity index (χ0v) is 76.5. The van der Waals surface area contributed by atoms with Gasteiger partial charge in [0.2, 0.25) is 22.8 Å². The van der Waals surface area contributed by atoms with Gasteiger partial charge in [0.25, 0.3) is 0 Å². The first-order chi connectivity index (χ1) is 58.9. The van der Waals surface area contributed by atoms with E-state index in [1.54, 1.807) is 0 Å². The van der Waals surface area contributed by atoms with Gasteiger partial charge < -0.3 is 17.7 Å². The summed E-state index contributed by atoms with van der Waals surface area (Å²) in [5.74, 6) is 0. The number of furan rings is 4. The van der Waals surface area contributed by atoms with Gasteiger partial charge in [-0.05, 0) is 178 Å². The van der Waals surface area contributed by atoms with Gasteiger partial charge in [0, 0.05) is 149 Å². The molecule has 0 aliphatic heterocycles. The van der Waals surface area contributed by atoms with Crippen LogP contribution in [0, 0.1) is 27.7 Å². The maximum Gasteiger partial charge on any atom is 0.216 e. The monoisotopic (exact) mass is 1620 g/mol. The van der Waals surface area contributed by atoms with Crippen LogP contribution >= 0.6 is 0 Å². The molecule has 616 valence electrons. The molecule has 4 aliphatic carbocycles. The fourth-order valence-electron chi connectivity index (χ4n) is 23.1. The van der Waals surface area contributed by atoms with Gasteiger partial charge in [-0.25, -0.2) is 18.3 Å². The van der Waals surface area contributed by atoms with Crippen molar-refractivity contribution in [2.45, 2.75) is 182 Å². The third-order valence-electron chi connectivity index (χ3n) is 32.5. The Morgan fingerprint density at radius 3 is 1.00 bits per heavy atom. The predicted molar refractivity (Wildman–Crippen MR) is 515 cm³/mol. The van der Waals surface area contributed by atoms with E-state index < -0.39 is 0 Å². The molecule has 0 amide bonds. The van der Waals surface area contributed by atoms with Crippen LogP contribution in [0.4, 0.5) is 0 Å². The van der Waals surface area contributed by atoms with Crippen LogP contribution in [-0.2, 0) is 71.5 Å². The Balaban J connectivity index is 0.000000101. The van der Waals surface area contributed by atoms with E-state index in [2.05, 4.69) is 428 Å². The van der Waals surface area contributed by atoms with Gasteiger partial charge in [0.05, 0.1) is 22.3 Å². The molecule has 4 aliphatic rings. The summed E-state index contributed by atoms with van der Waals surface area (Å²) in [5.41, 5.74) is 34.6. The zero-order valence-electron chi connectivity index (χ0n) is 76.5. The average Bonchev–Trinajstić information content (AvgIpc) is 1.31. The number of rotatable bonds is 0. The van der Waals surface area contributed by atoms with Crippen LogP contribution in [0.3, 0.4) is 0 Å². The van der Waals surface area contributed by atoms with Crippen molar-refractivity contribution in [2.75, 3.05) is 0 Å². The summed E-state index contributed by atoms with van der Waals surface area (Å²) in [6.07, 6.45) is 8.67. The molecule has 8 aromatic heterocycles. The lowest BCUT2D eigenvalue weighted by Gasteiger charge is -2.47. The molecule has 8 heterocycles. The van der Waals surface area contributed by atoms with E-state index in [0.717, 1.165) is 44.7 Å². The van der Waals surface area contributed by atoms with Crippen LogP contribution in [0.25, 0.3) is 176 Å². The Bertz CT molecular complexity index is 7930. The van der Waals surface area contributed by atoms with Crippen molar-refractivity contribution in [3.63, 3.8) is 0 Å². The highest BCUT2D eigenvalue weighted by atomic mass is 16.3. The molecule has 8 nitrogen and oxygen atoms in total. The van der Waals surface area contributed by atoms with E-state index >= 15 is 0 Å². The maximum atomic E-state index is 6.79. The summed E-state index contributed by atoms with van der Waals surface area (Å²) in [5, 5.41) is 19.7. The van der Waals surface area contributed by atoms with Crippen molar-refractivity contribution in [3.05, 3.63) is 310 Å². The quantitative estimate of drug-likeness (QED) is 0.142. The van der Waals surface area contributed by atoms with Crippen LogP contribution < -0.4 is 18.3 Å². The molecule has 124 heavy (non-hydrogen) atoms. The fraction of sp³-hybridized carbons (Fsp3) is 0.276. The van der Waals surface area contributed by atoms with Gasteiger partial charge >= 0.3 is 0 Å². The summed E-state index contributed by atoms with van der Waals surface area (Å²) in [7, 11) is 8.67. The maximum absolute atomic E-state index is 6.79. The second-order valence-corrected chi connectivity index (χ2v) is 40.9. The first-order valence-electron chi connectivity index (χ1n) is 44.4. The van der Waals surface area contributed by atoms with Crippen LogP contribution in [-0.4, -0.2) is 0 Å². The minimum atomic E-state index is -0.0996. The average molecular weight is 1630 g/mol. The lowest BCUT2D eigenvalue weighted by molar-refractivity contribution is -0.661. The van der Waals surface area contributed by atoms with E-state index in [1.807, 2.05) is 0 Å². The summed E-state index contributed by atoms with van der Waals surface area (Å²) >= 11 is 0. The second kappa shape index (κ2) is 26.5. The first kappa shape index (κ1) is 78.7. The molecule has 0 saturated carbocycles. The predicted octanol–water partition coefficient (Wildman–Crippen LogP) is 28.4. The number of hydrogen-bond acceptors (Lipinski definition) is 4. The lowest BCUT2D eigenvalue weighted by Crippen LogP contribution is -2.48. The minimum Gasteiger partial charge on any atom is -0.456 e. The minimum absolute atomic E-state index is 0.0322. The van der Waals surface area contributed by atoms with Crippen molar-refractivity contribution < 1.29 is 35.9 Å². The molecule has 0 bridgehead atoms. The Labute approximate surface area is 727 Å². The Morgan fingerprint density at radius 1 is 0.210 bits per heavy atom. The molecule has 0 spiro atoms. The van der Waals surface area contributed by atoms with Crippen LogP contribution in [0.2, 0.25) is 0 Å². The van der Waals surface area contributed by atoms with Crippen molar-refractivity contribution >= 4 is 131 Å². The molecule has 24 rings (SSSR count). The standard InChI is InChI=1S/4C29H28NO/c1-17-16-21-20-14-13-18-10-7-8-11-19(18)26(20)31-27(21)24-23(17)25-22(12-9-15-30(25)6)28(2,3)29(24,4)5;1-17-16-22-24(20-14-13-18-10-7-8-11-19(18)27(20)31-22)25-23(17)26-21(12-9-15-30(26)6)28(2,3)29(25,4)5;1-17-16-22-25(24-19-11-8-7-10-18(19)13-14-21(24)31-22)26-23(17)27-20(12-9-15-30(27)6)28(2,3)29(26,4)5;1-17-14-23-25(20-15-18-10-7-8-11-19(18)16-22(20)31-23)26-24(17)27-21(12-9-13-30(27)6)28(2,3)29(26,4)5/h4*7-16H,1-6H3/q4*+1. The number of benzene rings is 12. The highest BCUT2D eigenvalue weighted by molar-refractivity contribution is 6.23. The normalized spacial score (nSPS) is 16.6. The Kier molecular flexibility index (Phi) is 16.8. The smallest absolute Gasteiger partial charge is 0.216 e. The molecular formula is C116H112N4O4+4. The van der Waals surface area contributed by atoms with E-state index in [4.69, 9.17) is 17.7 Å². The number of pyridine rings is 4. The number of fused-ring (bicyclic) bond motifs is 35. The molecule has 12 aromatic carbocycles. The van der Waals surface area contributed by atoms with Gasteiger partial charge in [-0.1, -0.05) is 226 Å². The van der Waals surface area contributed by atoms with Gasteiger partial charge in [-0.3, -0.25) is 0 Å². The topological polar surface area (TPSA) is 68.1 Å². The zero-order chi connectivity index (χ0) is 86.8. The Hall–Kier alpha value is -12.5. The molecule has 0 fully saturated rings. The molecule has 0 unspecified atom stereocenters. The number of aryl methyl sites for hydroxylation is 8. The summed E-state index contributed by atoms with van der Waals surface area (Å²) < 4.78 is 35.5. The lowest BCUT2D eigenvalue weighted by atomic mass is 9.55. The van der Waals surface area contributed by atoms with Crippen molar-refractivity contribution in [1.82, 2.24) is 0 Å². The summed E-state index contributed by atoms with van der Waals surface area (Å²) in [6, 6.07) is 79.0. The molecule has 20 aromatic rings. The molecule has 0 N–H and O–H groups in total. The largest absolute Gasteiger partial charge is 0.456 e. The third-order valence-corrected chi connectivity index (χ3v) is 32.5. The molecular weight excluding hydrogens is 1510 g/mol. The van der Waals surface area contributed by atoms with E-state index in [0.29, 0.717) is 0 Å². The van der Waals surface area contributed by atoms with Gasteiger partial charge in [-0.15, -0.1) is 0 Å². The molecule has 8 heteroatoms. The van der Waals surface area contributed by atoms with Gasteiger partial charge in [0.15, 0.2) is 24.8 Å². The van der Waals surface area contributed by atoms with Crippen molar-refractivity contribution in [2.24, 2.45) is 28.2 Å². The van der Waals surface area contributed by atoms with E-state index in [9.17, 15) is 0 Å². The van der Waals surface area contributed by atoms with Crippen LogP contribution in [0.1, 0.15) is 178 Å².